The molecule has 8 heteroatoms. The van der Waals surface area contributed by atoms with Crippen molar-refractivity contribution in [2.75, 3.05) is 13.1 Å². The van der Waals surface area contributed by atoms with Crippen molar-refractivity contribution < 1.29 is 4.79 Å². The average molecular weight is 492 g/mol. The van der Waals surface area contributed by atoms with Gasteiger partial charge < -0.3 is 4.90 Å². The summed E-state index contributed by atoms with van der Waals surface area (Å²) in [6.07, 6.45) is 3.47. The Hall–Kier alpha value is -2.51. The van der Waals surface area contributed by atoms with Gasteiger partial charge in [0.05, 0.1) is 5.71 Å². The molecule has 34 heavy (non-hydrogen) atoms. The number of carbonyl (C=O) groups excluding carboxylic acids is 1. The van der Waals surface area contributed by atoms with Gasteiger partial charge in [0, 0.05) is 40.0 Å². The number of aliphatic imine (C=N–C) groups is 1. The minimum absolute atomic E-state index is 0.00904. The van der Waals surface area contributed by atoms with Crippen LogP contribution in [0, 0.1) is 18.3 Å². The first-order chi connectivity index (χ1) is 16.3. The van der Waals surface area contributed by atoms with Gasteiger partial charge in [0.25, 0.3) is 0 Å². The van der Waals surface area contributed by atoms with Crippen LogP contribution in [0.3, 0.4) is 0 Å². The number of nitrogens with zero attached hydrogens (tertiary/aromatic N) is 5. The molecular formula is C26H26ClN5OS. The summed E-state index contributed by atoms with van der Waals surface area (Å²) in [5.41, 5.74) is 4.18. The number of aryl methyl sites for hydroxylation is 1. The normalized spacial score (nSPS) is 23.0. The van der Waals surface area contributed by atoms with E-state index in [4.69, 9.17) is 16.6 Å². The summed E-state index contributed by atoms with van der Waals surface area (Å²) < 4.78 is 2.22. The molecule has 2 aliphatic carbocycles. The monoisotopic (exact) mass is 491 g/mol. The van der Waals surface area contributed by atoms with Crippen molar-refractivity contribution in [3.05, 3.63) is 62.5 Å². The second-order valence-electron chi connectivity index (χ2n) is 11.0. The Labute approximate surface area is 207 Å². The molecule has 4 aliphatic rings. The number of hydrogen-bond donors (Lipinski definition) is 0. The second-order valence-corrected chi connectivity index (χ2v) is 12.5. The number of thiophene rings is 1. The van der Waals surface area contributed by atoms with E-state index < -0.39 is 0 Å². The first-order valence-electron chi connectivity index (χ1n) is 12.0. The minimum Gasteiger partial charge on any atom is -0.341 e. The largest absolute Gasteiger partial charge is 0.341 e. The Bertz CT molecular complexity index is 1400. The van der Waals surface area contributed by atoms with Gasteiger partial charge in [-0.3, -0.25) is 14.4 Å². The molecule has 174 valence electrons. The van der Waals surface area contributed by atoms with Gasteiger partial charge in [-0.1, -0.05) is 43.6 Å². The Morgan fingerprint density at radius 3 is 2.62 bits per heavy atom. The Morgan fingerprint density at radius 1 is 1.15 bits per heavy atom. The minimum atomic E-state index is -0.335. The van der Waals surface area contributed by atoms with Crippen LogP contribution in [0.25, 0.3) is 5.00 Å². The molecule has 1 atom stereocenters. The lowest BCUT2D eigenvalue weighted by Crippen LogP contribution is -2.57. The second kappa shape index (κ2) is 6.79. The maximum Gasteiger partial charge on any atom is 0.226 e. The third-order valence-corrected chi connectivity index (χ3v) is 9.28. The van der Waals surface area contributed by atoms with E-state index >= 15 is 0 Å². The van der Waals surface area contributed by atoms with Gasteiger partial charge in [-0.2, -0.15) is 0 Å². The van der Waals surface area contributed by atoms with Crippen molar-refractivity contribution in [1.29, 1.82) is 0 Å². The number of rotatable bonds is 2. The van der Waals surface area contributed by atoms with Crippen LogP contribution < -0.4 is 0 Å². The molecule has 6 nitrogen and oxygen atoms in total. The third kappa shape index (κ3) is 2.86. The SMILES string of the molecule is Cc1nnc2n1-c1sc3c(c1C(c1ccccc1Cl)=NC21CC1)C[C@H](C(=O)N1CC(C)(C)C1)C3. The summed E-state index contributed by atoms with van der Waals surface area (Å²) >= 11 is 8.50. The molecule has 1 saturated carbocycles. The third-order valence-electron chi connectivity index (χ3n) is 7.71. The number of amides is 1. The van der Waals surface area contributed by atoms with Crippen molar-refractivity contribution in [2.24, 2.45) is 16.3 Å². The van der Waals surface area contributed by atoms with Gasteiger partial charge >= 0.3 is 0 Å². The number of fused-ring (bicyclic) bond motifs is 6. The lowest BCUT2D eigenvalue weighted by atomic mass is 9.83. The summed E-state index contributed by atoms with van der Waals surface area (Å²) in [5.74, 6) is 2.12. The standard InChI is InChI=1S/C26H26ClN5OS/c1-14-29-30-24-26(8-9-26)28-21(16-6-4-5-7-18(16)27)20-17-10-15(11-19(17)34-23(20)32(14)24)22(33)31-12-25(2,3)13-31/h4-7,15H,8-13H2,1-3H3/t15-/m0/s1. The van der Waals surface area contributed by atoms with Crippen molar-refractivity contribution in [2.45, 2.75) is 52.0 Å². The van der Waals surface area contributed by atoms with Crippen LogP contribution in [-0.4, -0.2) is 44.4 Å². The smallest absolute Gasteiger partial charge is 0.226 e. The van der Waals surface area contributed by atoms with E-state index in [9.17, 15) is 4.79 Å². The van der Waals surface area contributed by atoms with E-state index in [-0.39, 0.29) is 16.9 Å². The fraction of sp³-hybridized carbons (Fsp3) is 0.462. The van der Waals surface area contributed by atoms with Crippen LogP contribution in [0.2, 0.25) is 5.02 Å². The van der Waals surface area contributed by atoms with Crippen LogP contribution in [0.5, 0.6) is 0 Å². The predicted octanol–water partition coefficient (Wildman–Crippen LogP) is 4.71. The van der Waals surface area contributed by atoms with Crippen LogP contribution in [0.15, 0.2) is 29.3 Å². The Kier molecular flexibility index (Phi) is 4.16. The zero-order chi connectivity index (χ0) is 23.4. The van der Waals surface area contributed by atoms with Gasteiger partial charge in [-0.05, 0) is 49.7 Å². The van der Waals surface area contributed by atoms with Crippen molar-refractivity contribution in [1.82, 2.24) is 19.7 Å². The van der Waals surface area contributed by atoms with E-state index in [2.05, 4.69) is 34.7 Å². The number of halogens is 1. The van der Waals surface area contributed by atoms with Crippen LogP contribution in [0.4, 0.5) is 0 Å². The summed E-state index contributed by atoms with van der Waals surface area (Å²) in [5, 5.41) is 10.8. The molecule has 1 amide bonds. The van der Waals surface area contributed by atoms with E-state index in [1.807, 2.05) is 30.0 Å². The molecule has 0 N–H and O–H groups in total. The zero-order valence-corrected chi connectivity index (χ0v) is 21.1. The first-order valence-corrected chi connectivity index (χ1v) is 13.2. The molecule has 1 aromatic carbocycles. The number of hydrogen-bond acceptors (Lipinski definition) is 5. The number of benzene rings is 1. The summed E-state index contributed by atoms with van der Waals surface area (Å²) in [6.45, 7) is 8.17. The maximum atomic E-state index is 13.3. The molecule has 1 saturated heterocycles. The lowest BCUT2D eigenvalue weighted by Gasteiger charge is -2.46. The molecule has 2 fully saturated rings. The number of likely N-dealkylation sites (tertiary alicyclic amines) is 1. The van der Waals surface area contributed by atoms with Crippen LogP contribution >= 0.6 is 22.9 Å². The highest BCUT2D eigenvalue weighted by atomic mass is 35.5. The van der Waals surface area contributed by atoms with E-state index in [1.54, 1.807) is 11.3 Å². The van der Waals surface area contributed by atoms with Gasteiger partial charge in [0.15, 0.2) is 5.82 Å². The molecule has 4 heterocycles. The fourth-order valence-corrected chi connectivity index (χ4v) is 7.61. The maximum absolute atomic E-state index is 13.3. The fourth-order valence-electron chi connectivity index (χ4n) is 5.93. The van der Waals surface area contributed by atoms with E-state index in [0.29, 0.717) is 10.9 Å². The molecular weight excluding hydrogens is 466 g/mol. The highest BCUT2D eigenvalue weighted by molar-refractivity contribution is 7.15. The van der Waals surface area contributed by atoms with Gasteiger partial charge in [-0.15, -0.1) is 21.5 Å². The van der Waals surface area contributed by atoms with Crippen molar-refractivity contribution >= 4 is 34.6 Å². The summed E-state index contributed by atoms with van der Waals surface area (Å²) in [7, 11) is 0. The van der Waals surface area contributed by atoms with E-state index in [1.165, 1.54) is 10.4 Å². The topological polar surface area (TPSA) is 63.4 Å². The highest BCUT2D eigenvalue weighted by Gasteiger charge is 2.52. The molecule has 2 aromatic heterocycles. The van der Waals surface area contributed by atoms with E-state index in [0.717, 1.165) is 72.3 Å². The first kappa shape index (κ1) is 20.8. The van der Waals surface area contributed by atoms with Crippen LogP contribution in [0.1, 0.15) is 59.9 Å². The molecule has 0 bridgehead atoms. The van der Waals surface area contributed by atoms with Gasteiger partial charge in [0.1, 0.15) is 16.4 Å². The van der Waals surface area contributed by atoms with Gasteiger partial charge in [0.2, 0.25) is 5.91 Å². The molecule has 3 aromatic rings. The quantitative estimate of drug-likeness (QED) is 0.521. The summed E-state index contributed by atoms with van der Waals surface area (Å²) in [6, 6.07) is 7.96. The predicted molar refractivity (Wildman–Crippen MR) is 133 cm³/mol. The average Bonchev–Trinajstić information content (AvgIpc) is 3.12. The summed E-state index contributed by atoms with van der Waals surface area (Å²) in [4.78, 5) is 22.0. The number of aromatic nitrogens is 3. The zero-order valence-electron chi connectivity index (χ0n) is 19.6. The number of carbonyl (C=O) groups is 1. The van der Waals surface area contributed by atoms with Gasteiger partial charge in [-0.25, -0.2) is 0 Å². The lowest BCUT2D eigenvalue weighted by molar-refractivity contribution is -0.145. The van der Waals surface area contributed by atoms with Crippen molar-refractivity contribution in [3.8, 4) is 5.00 Å². The molecule has 0 unspecified atom stereocenters. The van der Waals surface area contributed by atoms with Crippen molar-refractivity contribution in [3.63, 3.8) is 0 Å². The molecule has 0 radical (unpaired) electrons. The Balaban J connectivity index is 1.37. The molecule has 1 spiro atoms. The molecule has 7 rings (SSSR count). The molecule has 2 aliphatic heterocycles. The van der Waals surface area contributed by atoms with Crippen LogP contribution in [-0.2, 0) is 23.2 Å². The Morgan fingerprint density at radius 2 is 1.91 bits per heavy atom. The highest BCUT2D eigenvalue weighted by Crippen LogP contribution is 2.54.